The fourth-order valence-corrected chi connectivity index (χ4v) is 13.9. The molecule has 1 unspecified atom stereocenters. The van der Waals surface area contributed by atoms with Crippen molar-refractivity contribution in [3.05, 3.63) is 237 Å². The van der Waals surface area contributed by atoms with E-state index in [-0.39, 0.29) is 0 Å². The van der Waals surface area contributed by atoms with E-state index < -0.39 is 7.14 Å². The van der Waals surface area contributed by atoms with Gasteiger partial charge in [0.05, 0.1) is 22.1 Å². The highest BCUT2D eigenvalue weighted by Gasteiger charge is 2.32. The second kappa shape index (κ2) is 14.9. The van der Waals surface area contributed by atoms with E-state index in [1.54, 1.807) is 0 Å². The summed E-state index contributed by atoms with van der Waals surface area (Å²) in [5, 5.41) is 9.35. The Balaban J connectivity index is 1.01. The first-order valence-electron chi connectivity index (χ1n) is 22.0. The van der Waals surface area contributed by atoms with Crippen LogP contribution in [0.3, 0.4) is 0 Å². The Morgan fingerprint density at radius 1 is 0.292 bits per heavy atom. The van der Waals surface area contributed by atoms with E-state index in [1.165, 1.54) is 20.2 Å². The molecule has 13 rings (SSSR count). The van der Waals surface area contributed by atoms with Gasteiger partial charge in [-0.2, -0.15) is 0 Å². The van der Waals surface area contributed by atoms with Gasteiger partial charge in [-0.3, -0.25) is 0 Å². The van der Waals surface area contributed by atoms with Crippen LogP contribution in [0, 0.1) is 0 Å². The molecule has 65 heavy (non-hydrogen) atoms. The Kier molecular flexibility index (Phi) is 8.67. The van der Waals surface area contributed by atoms with Gasteiger partial charge in [-0.05, 0) is 113 Å². The Morgan fingerprint density at radius 3 is 1.34 bits per heavy atom. The topological polar surface area (TPSA) is 26.9 Å². The summed E-state index contributed by atoms with van der Waals surface area (Å²) in [5.74, 6) is 0. The minimum absolute atomic E-state index is 0.806. The number of thiophene rings is 1. The Labute approximate surface area is 380 Å². The van der Waals surface area contributed by atoms with Crippen LogP contribution in [0.25, 0.3) is 97.4 Å². The van der Waals surface area contributed by atoms with Gasteiger partial charge in [0.25, 0.3) is 0 Å². The molecule has 5 heteroatoms. The summed E-state index contributed by atoms with van der Waals surface area (Å²) in [7, 11) is -3.43. The molecule has 0 amide bonds. The van der Waals surface area contributed by atoms with Crippen LogP contribution in [0.1, 0.15) is 0 Å². The van der Waals surface area contributed by atoms with Crippen molar-refractivity contribution >= 4 is 98.2 Å². The van der Waals surface area contributed by atoms with Crippen LogP contribution in [0.5, 0.6) is 0 Å². The molecule has 0 spiro atoms. The number of rotatable bonds is 7. The predicted molar refractivity (Wildman–Crippen MR) is 278 cm³/mol. The summed E-state index contributed by atoms with van der Waals surface area (Å²) in [5.41, 5.74) is 11.2. The minimum Gasteiger partial charge on any atom is -0.309 e. The molecule has 3 heterocycles. The van der Waals surface area contributed by atoms with Gasteiger partial charge in [0.2, 0.25) is 0 Å². The van der Waals surface area contributed by atoms with Gasteiger partial charge in [0.1, 0.15) is 0 Å². The summed E-state index contributed by atoms with van der Waals surface area (Å²) in [6.07, 6.45) is 0. The first-order valence-corrected chi connectivity index (χ1v) is 24.5. The zero-order chi connectivity index (χ0) is 43.1. The number of benzene rings is 10. The average Bonchev–Trinajstić information content (AvgIpc) is 4.04. The van der Waals surface area contributed by atoms with Gasteiger partial charge in [-0.25, -0.2) is 0 Å². The average molecular weight is 867 g/mol. The SMILES string of the molecule is O=P(c1ccccc1)(c1ccc2c(c1)c1ccccc1n2-c1cc(-c2ccccc2)cc(-c2ccccc2)c1)c1ccc2c(c1)c1ccccc1n2-c1ccc2sc3ccccc3c2c1. The van der Waals surface area contributed by atoms with Gasteiger partial charge in [-0.1, -0.05) is 146 Å². The van der Waals surface area contributed by atoms with Crippen LogP contribution in [0.15, 0.2) is 237 Å². The number of hydrogen-bond acceptors (Lipinski definition) is 2. The molecule has 0 aliphatic rings. The maximum Gasteiger partial charge on any atom is 0.171 e. The highest BCUT2D eigenvalue weighted by molar-refractivity contribution is 7.85. The lowest BCUT2D eigenvalue weighted by molar-refractivity contribution is 0.592. The fourth-order valence-electron chi connectivity index (χ4n) is 10.1. The third kappa shape index (κ3) is 5.99. The monoisotopic (exact) mass is 866 g/mol. The van der Waals surface area contributed by atoms with Gasteiger partial charge in [-0.15, -0.1) is 11.3 Å². The molecule has 0 radical (unpaired) electrons. The van der Waals surface area contributed by atoms with Crippen molar-refractivity contribution in [2.45, 2.75) is 0 Å². The lowest BCUT2D eigenvalue weighted by Gasteiger charge is -2.21. The molecule has 0 bridgehead atoms. The van der Waals surface area contributed by atoms with Crippen molar-refractivity contribution in [2.24, 2.45) is 0 Å². The van der Waals surface area contributed by atoms with E-state index in [1.807, 2.05) is 41.7 Å². The number of para-hydroxylation sites is 2. The van der Waals surface area contributed by atoms with Crippen LogP contribution < -0.4 is 15.9 Å². The number of fused-ring (bicyclic) bond motifs is 9. The van der Waals surface area contributed by atoms with Crippen molar-refractivity contribution in [3.8, 4) is 33.6 Å². The van der Waals surface area contributed by atoms with E-state index in [4.69, 9.17) is 0 Å². The van der Waals surface area contributed by atoms with Gasteiger partial charge in [0, 0.05) is 69.0 Å². The number of hydrogen-bond donors (Lipinski definition) is 0. The molecule has 0 aliphatic carbocycles. The smallest absolute Gasteiger partial charge is 0.171 e. The van der Waals surface area contributed by atoms with E-state index in [0.717, 1.165) is 93.2 Å². The lowest BCUT2D eigenvalue weighted by Crippen LogP contribution is -2.25. The predicted octanol–water partition coefficient (Wildman–Crippen LogP) is 15.2. The molecule has 0 saturated heterocycles. The zero-order valence-electron chi connectivity index (χ0n) is 35.2. The highest BCUT2D eigenvalue weighted by Crippen LogP contribution is 2.46. The van der Waals surface area contributed by atoms with Gasteiger partial charge in [0.15, 0.2) is 7.14 Å². The van der Waals surface area contributed by atoms with E-state index >= 15 is 4.57 Å². The van der Waals surface area contributed by atoms with E-state index in [9.17, 15) is 0 Å². The summed E-state index contributed by atoms with van der Waals surface area (Å²) in [4.78, 5) is 0. The van der Waals surface area contributed by atoms with Crippen LogP contribution in [-0.2, 0) is 4.57 Å². The molecule has 3 aromatic heterocycles. The molecule has 306 valence electrons. The van der Waals surface area contributed by atoms with Crippen LogP contribution in [0.2, 0.25) is 0 Å². The third-order valence-electron chi connectivity index (χ3n) is 13.2. The van der Waals surface area contributed by atoms with Crippen LogP contribution in [0.4, 0.5) is 0 Å². The summed E-state index contributed by atoms with van der Waals surface area (Å²) in [6.45, 7) is 0. The first-order chi connectivity index (χ1) is 32.1. The van der Waals surface area contributed by atoms with Crippen molar-refractivity contribution in [2.75, 3.05) is 0 Å². The highest BCUT2D eigenvalue weighted by atomic mass is 32.1. The Morgan fingerprint density at radius 2 is 0.754 bits per heavy atom. The van der Waals surface area contributed by atoms with Gasteiger partial charge < -0.3 is 13.7 Å². The van der Waals surface area contributed by atoms with Crippen molar-refractivity contribution in [3.63, 3.8) is 0 Å². The molecular weight excluding hydrogens is 828 g/mol. The molecule has 13 aromatic rings. The van der Waals surface area contributed by atoms with Crippen molar-refractivity contribution in [1.82, 2.24) is 9.13 Å². The standard InChI is InChI=1S/C60H39N2OPS/c63-64(46-20-8-3-9-21-46,47-29-31-57-52(38-47)49-22-10-13-25-55(49)61(57)44-28-33-60-54(37-44)51-24-12-15-27-59(51)65-60)48-30-32-58-53(39-48)50-23-11-14-26-56(50)62(58)45-35-42(40-16-4-1-5-17-40)34-43(36-45)41-18-6-2-7-19-41/h1-39H. The molecule has 1 atom stereocenters. The third-order valence-corrected chi connectivity index (χ3v) is 17.4. The second-order valence-electron chi connectivity index (χ2n) is 16.8. The second-order valence-corrected chi connectivity index (χ2v) is 20.7. The quantitative estimate of drug-likeness (QED) is 0.147. The number of nitrogens with zero attached hydrogens (tertiary/aromatic N) is 2. The molecule has 0 aliphatic heterocycles. The van der Waals surface area contributed by atoms with Crippen molar-refractivity contribution in [1.29, 1.82) is 0 Å². The zero-order valence-corrected chi connectivity index (χ0v) is 36.9. The molecule has 10 aromatic carbocycles. The maximum absolute atomic E-state index is 16.6. The largest absolute Gasteiger partial charge is 0.309 e. The molecule has 0 saturated carbocycles. The Bertz CT molecular complexity index is 3980. The molecule has 3 nitrogen and oxygen atoms in total. The van der Waals surface area contributed by atoms with Gasteiger partial charge >= 0.3 is 0 Å². The van der Waals surface area contributed by atoms with E-state index in [2.05, 4.69) is 215 Å². The molecule has 0 fully saturated rings. The molecule has 0 N–H and O–H groups in total. The minimum atomic E-state index is -3.43. The normalized spacial score (nSPS) is 12.8. The summed E-state index contributed by atoms with van der Waals surface area (Å²) in [6, 6.07) is 83.8. The van der Waals surface area contributed by atoms with Crippen LogP contribution in [-0.4, -0.2) is 9.13 Å². The maximum atomic E-state index is 16.6. The van der Waals surface area contributed by atoms with E-state index in [0.29, 0.717) is 0 Å². The lowest BCUT2D eigenvalue weighted by atomic mass is 9.98. The van der Waals surface area contributed by atoms with Crippen LogP contribution >= 0.6 is 18.5 Å². The van der Waals surface area contributed by atoms with Crippen molar-refractivity contribution < 1.29 is 4.57 Å². The summed E-state index contributed by atoms with van der Waals surface area (Å²) < 4.78 is 23.9. The Hall–Kier alpha value is -7.75. The summed E-state index contributed by atoms with van der Waals surface area (Å²) >= 11 is 1.83. The fraction of sp³-hybridized carbons (Fsp3) is 0. The first kappa shape index (κ1) is 37.8. The molecular formula is C60H39N2OPS. The number of aromatic nitrogens is 2.